The molecule has 2 aromatic rings. The topological polar surface area (TPSA) is 78.5 Å². The van der Waals surface area contributed by atoms with Gasteiger partial charge in [-0.2, -0.15) is 13.2 Å². The average molecular weight is 456 g/mol. The zero-order valence-electron chi connectivity index (χ0n) is 17.3. The molecule has 0 aliphatic carbocycles. The van der Waals surface area contributed by atoms with E-state index in [0.717, 1.165) is 12.1 Å². The van der Waals surface area contributed by atoms with Gasteiger partial charge in [-0.3, -0.25) is 14.4 Å². The maximum absolute atomic E-state index is 13.1. The van der Waals surface area contributed by atoms with E-state index in [-0.39, 0.29) is 18.2 Å². The quantitative estimate of drug-likeness (QED) is 0.631. The first-order chi connectivity index (χ1) is 14.5. The van der Waals surface area contributed by atoms with Crippen molar-refractivity contribution in [3.8, 4) is 0 Å². The number of amides is 3. The highest BCUT2D eigenvalue weighted by molar-refractivity contribution is 7.12. The number of likely N-dealkylation sites (N-methyl/N-ethyl adjacent to an activating group) is 1. The summed E-state index contributed by atoms with van der Waals surface area (Å²) in [5.41, 5.74) is -1.35. The van der Waals surface area contributed by atoms with Crippen LogP contribution in [0.1, 0.15) is 36.0 Å². The van der Waals surface area contributed by atoms with Crippen LogP contribution >= 0.6 is 11.3 Å². The molecule has 0 radical (unpaired) electrons. The number of hydrogen-bond acceptors (Lipinski definition) is 4. The van der Waals surface area contributed by atoms with Crippen LogP contribution in [0.15, 0.2) is 41.8 Å². The average Bonchev–Trinajstić information content (AvgIpc) is 3.24. The van der Waals surface area contributed by atoms with Gasteiger partial charge in [0.05, 0.1) is 22.7 Å². The van der Waals surface area contributed by atoms with E-state index in [0.29, 0.717) is 4.88 Å². The number of halogens is 3. The van der Waals surface area contributed by atoms with E-state index in [1.54, 1.807) is 38.3 Å². The summed E-state index contributed by atoms with van der Waals surface area (Å²) in [7, 11) is 0. The maximum Gasteiger partial charge on any atom is 0.418 e. The van der Waals surface area contributed by atoms with Gasteiger partial charge in [-0.15, -0.1) is 11.3 Å². The molecule has 2 N–H and O–H groups in total. The van der Waals surface area contributed by atoms with Crippen LogP contribution in [0.3, 0.4) is 0 Å². The van der Waals surface area contributed by atoms with Gasteiger partial charge in [0.1, 0.15) is 6.04 Å². The molecule has 0 spiro atoms. The molecule has 1 atom stereocenters. The second kappa shape index (κ2) is 10.4. The van der Waals surface area contributed by atoms with Crippen molar-refractivity contribution in [2.24, 2.45) is 5.92 Å². The van der Waals surface area contributed by atoms with Crippen molar-refractivity contribution in [1.29, 1.82) is 0 Å². The summed E-state index contributed by atoms with van der Waals surface area (Å²) in [6.07, 6.45) is -4.63. The van der Waals surface area contributed by atoms with E-state index < -0.39 is 42.0 Å². The molecule has 1 unspecified atom stereocenters. The van der Waals surface area contributed by atoms with Crippen LogP contribution in [0.5, 0.6) is 0 Å². The maximum atomic E-state index is 13.1. The molecule has 2 rings (SSSR count). The number of anilines is 1. The zero-order valence-corrected chi connectivity index (χ0v) is 18.1. The highest BCUT2D eigenvalue weighted by Gasteiger charge is 2.34. The van der Waals surface area contributed by atoms with Crippen molar-refractivity contribution in [2.45, 2.75) is 33.0 Å². The standard InChI is InChI=1S/C21H24F3N3O3S/c1-4-27(12-17(28)25-15-9-6-5-8-14(15)21(22,23)24)20(30)18(13(2)3)26-19(29)16-10-7-11-31-16/h5-11,13,18H,4,12H2,1-3H3,(H,25,28)(H,26,29). The fourth-order valence-electron chi connectivity index (χ4n) is 2.88. The summed E-state index contributed by atoms with van der Waals surface area (Å²) in [5.74, 6) is -1.92. The fourth-order valence-corrected chi connectivity index (χ4v) is 3.51. The predicted octanol–water partition coefficient (Wildman–Crippen LogP) is 4.01. The lowest BCUT2D eigenvalue weighted by molar-refractivity contribution is -0.138. The Morgan fingerprint density at radius 1 is 1.10 bits per heavy atom. The molecular formula is C21H24F3N3O3S. The number of para-hydroxylation sites is 1. The summed E-state index contributed by atoms with van der Waals surface area (Å²) in [6, 6.07) is 7.08. The lowest BCUT2D eigenvalue weighted by Crippen LogP contribution is -2.52. The Hall–Kier alpha value is -2.88. The van der Waals surface area contributed by atoms with Crippen molar-refractivity contribution in [3.05, 3.63) is 52.2 Å². The van der Waals surface area contributed by atoms with Gasteiger partial charge in [0.15, 0.2) is 0 Å². The molecule has 168 valence electrons. The predicted molar refractivity (Wildman–Crippen MR) is 113 cm³/mol. The van der Waals surface area contributed by atoms with Crippen LogP contribution in [0, 0.1) is 5.92 Å². The molecule has 6 nitrogen and oxygen atoms in total. The number of nitrogens with zero attached hydrogens (tertiary/aromatic N) is 1. The van der Waals surface area contributed by atoms with Gasteiger partial charge in [0.2, 0.25) is 11.8 Å². The molecule has 1 aromatic heterocycles. The molecular weight excluding hydrogens is 431 g/mol. The van der Waals surface area contributed by atoms with Crippen molar-refractivity contribution >= 4 is 34.7 Å². The molecule has 0 aliphatic heterocycles. The van der Waals surface area contributed by atoms with E-state index in [1.807, 2.05) is 0 Å². The van der Waals surface area contributed by atoms with E-state index in [1.165, 1.54) is 28.4 Å². The van der Waals surface area contributed by atoms with Gasteiger partial charge in [-0.05, 0) is 36.4 Å². The van der Waals surface area contributed by atoms with Crippen LogP contribution in [-0.4, -0.2) is 41.8 Å². The molecule has 1 heterocycles. The van der Waals surface area contributed by atoms with Crippen LogP contribution in [0.25, 0.3) is 0 Å². The van der Waals surface area contributed by atoms with E-state index in [9.17, 15) is 27.6 Å². The first-order valence-electron chi connectivity index (χ1n) is 9.63. The Morgan fingerprint density at radius 2 is 1.77 bits per heavy atom. The van der Waals surface area contributed by atoms with Crippen molar-refractivity contribution < 1.29 is 27.6 Å². The molecule has 1 aromatic carbocycles. The summed E-state index contributed by atoms with van der Waals surface area (Å²) in [6.45, 7) is 4.85. The number of carbonyl (C=O) groups is 3. The van der Waals surface area contributed by atoms with E-state index >= 15 is 0 Å². The third-order valence-electron chi connectivity index (χ3n) is 4.50. The minimum Gasteiger partial charge on any atom is -0.339 e. The van der Waals surface area contributed by atoms with Gasteiger partial charge in [0, 0.05) is 6.54 Å². The van der Waals surface area contributed by atoms with Crippen molar-refractivity contribution in [3.63, 3.8) is 0 Å². The summed E-state index contributed by atoms with van der Waals surface area (Å²) in [4.78, 5) is 39.4. The number of hydrogen-bond donors (Lipinski definition) is 2. The Balaban J connectivity index is 2.10. The van der Waals surface area contributed by atoms with Gasteiger partial charge in [0.25, 0.3) is 5.91 Å². The van der Waals surface area contributed by atoms with Crippen molar-refractivity contribution in [1.82, 2.24) is 10.2 Å². The first kappa shape index (κ1) is 24.4. The number of alkyl halides is 3. The summed E-state index contributed by atoms with van der Waals surface area (Å²) >= 11 is 1.23. The monoisotopic (exact) mass is 455 g/mol. The molecule has 0 fully saturated rings. The first-order valence-corrected chi connectivity index (χ1v) is 10.5. The Labute approximate surface area is 182 Å². The minimum atomic E-state index is -4.63. The van der Waals surface area contributed by atoms with Crippen LogP contribution in [0.4, 0.5) is 18.9 Å². The lowest BCUT2D eigenvalue weighted by atomic mass is 10.0. The summed E-state index contributed by atoms with van der Waals surface area (Å²) in [5, 5.41) is 6.65. The van der Waals surface area contributed by atoms with Crippen LogP contribution in [0.2, 0.25) is 0 Å². The van der Waals surface area contributed by atoms with Gasteiger partial charge < -0.3 is 15.5 Å². The number of thiophene rings is 1. The third-order valence-corrected chi connectivity index (χ3v) is 5.37. The van der Waals surface area contributed by atoms with Gasteiger partial charge >= 0.3 is 6.18 Å². The second-order valence-electron chi connectivity index (χ2n) is 7.12. The Kier molecular flexibility index (Phi) is 8.21. The molecule has 3 amide bonds. The fraction of sp³-hybridized carbons (Fsp3) is 0.381. The van der Waals surface area contributed by atoms with Crippen molar-refractivity contribution in [2.75, 3.05) is 18.4 Å². The van der Waals surface area contributed by atoms with Gasteiger partial charge in [-0.1, -0.05) is 32.0 Å². The van der Waals surface area contributed by atoms with E-state index in [2.05, 4.69) is 10.6 Å². The molecule has 31 heavy (non-hydrogen) atoms. The summed E-state index contributed by atoms with van der Waals surface area (Å²) < 4.78 is 39.4. The largest absolute Gasteiger partial charge is 0.418 e. The normalized spacial score (nSPS) is 12.4. The highest BCUT2D eigenvalue weighted by Crippen LogP contribution is 2.34. The number of nitrogens with one attached hydrogen (secondary N) is 2. The molecule has 10 heteroatoms. The number of carbonyl (C=O) groups excluding carboxylic acids is 3. The molecule has 0 bridgehead atoms. The molecule has 0 saturated heterocycles. The Bertz CT molecular complexity index is 914. The van der Waals surface area contributed by atoms with E-state index in [4.69, 9.17) is 0 Å². The Morgan fingerprint density at radius 3 is 2.32 bits per heavy atom. The SMILES string of the molecule is CCN(CC(=O)Nc1ccccc1C(F)(F)F)C(=O)C(NC(=O)c1cccs1)C(C)C. The zero-order chi connectivity index (χ0) is 23.2. The van der Waals surface area contributed by atoms with Gasteiger partial charge in [-0.25, -0.2) is 0 Å². The second-order valence-corrected chi connectivity index (χ2v) is 8.06. The highest BCUT2D eigenvalue weighted by atomic mass is 32.1. The third kappa shape index (κ3) is 6.55. The smallest absolute Gasteiger partial charge is 0.339 e. The lowest BCUT2D eigenvalue weighted by Gasteiger charge is -2.28. The molecule has 0 saturated carbocycles. The molecule has 0 aliphatic rings. The minimum absolute atomic E-state index is 0.144. The van der Waals surface area contributed by atoms with Crippen LogP contribution < -0.4 is 10.6 Å². The number of benzene rings is 1. The van der Waals surface area contributed by atoms with Crippen LogP contribution in [-0.2, 0) is 15.8 Å². The number of rotatable bonds is 8.